The molecule has 2 atom stereocenters. The van der Waals surface area contributed by atoms with Crippen molar-refractivity contribution in [3.05, 3.63) is 77.9 Å². The van der Waals surface area contributed by atoms with Crippen molar-refractivity contribution in [2.75, 3.05) is 11.9 Å². The highest BCUT2D eigenvalue weighted by Crippen LogP contribution is 2.55. The topological polar surface area (TPSA) is 77.0 Å². The molecule has 2 aromatic heterocycles. The van der Waals surface area contributed by atoms with Crippen molar-refractivity contribution in [1.82, 2.24) is 15.0 Å². The fraction of sp³-hybridized carbons (Fsp3) is 0.273. The summed E-state index contributed by atoms with van der Waals surface area (Å²) in [4.78, 5) is 25.3. The molecule has 1 aliphatic carbocycles. The Morgan fingerprint density at radius 1 is 1.24 bits per heavy atom. The number of halogens is 1. The number of pyridine rings is 1. The molecule has 1 amide bonds. The number of hydrogen-bond donors (Lipinski definition) is 1. The molecule has 1 saturated carbocycles. The lowest BCUT2D eigenvalue weighted by atomic mass is 9.93. The maximum absolute atomic E-state index is 14.6. The van der Waals surface area contributed by atoms with Crippen LogP contribution in [0, 0.1) is 25.6 Å². The predicted octanol–water partition coefficient (Wildman–Crippen LogP) is 3.60. The van der Waals surface area contributed by atoms with E-state index in [0.717, 1.165) is 0 Å². The Bertz CT molecular complexity index is 1040. The highest BCUT2D eigenvalue weighted by Gasteiger charge is 2.61. The van der Waals surface area contributed by atoms with Gasteiger partial charge in [0.25, 0.3) is 0 Å². The number of nitrogens with zero attached hydrogens (tertiary/aromatic N) is 3. The molecule has 0 radical (unpaired) electrons. The number of ether oxygens (including phenoxy) is 1. The van der Waals surface area contributed by atoms with Gasteiger partial charge in [-0.2, -0.15) is 0 Å². The van der Waals surface area contributed by atoms with Crippen LogP contribution in [0.4, 0.5) is 10.1 Å². The second-order valence-electron chi connectivity index (χ2n) is 7.28. The number of carbonyl (C=O) groups excluding carboxylic acids is 1. The number of amides is 1. The van der Waals surface area contributed by atoms with Crippen molar-refractivity contribution in [2.24, 2.45) is 5.92 Å². The normalized spacial score (nSPS) is 20.2. The van der Waals surface area contributed by atoms with Crippen molar-refractivity contribution in [3.8, 4) is 5.75 Å². The van der Waals surface area contributed by atoms with Gasteiger partial charge in [-0.25, -0.2) is 14.4 Å². The molecule has 1 fully saturated rings. The molecule has 2 unspecified atom stereocenters. The molecule has 0 bridgehead atoms. The third-order valence-electron chi connectivity index (χ3n) is 5.27. The second-order valence-corrected chi connectivity index (χ2v) is 7.28. The van der Waals surface area contributed by atoms with E-state index in [1.807, 2.05) is 6.92 Å². The quantitative estimate of drug-likeness (QED) is 0.694. The highest BCUT2D eigenvalue weighted by atomic mass is 19.1. The van der Waals surface area contributed by atoms with Crippen LogP contribution >= 0.6 is 0 Å². The van der Waals surface area contributed by atoms with E-state index >= 15 is 0 Å². The number of nitrogens with one attached hydrogen (secondary N) is 1. The first-order valence-corrected chi connectivity index (χ1v) is 9.38. The van der Waals surface area contributed by atoms with Crippen LogP contribution in [-0.4, -0.2) is 27.5 Å². The molecule has 0 saturated heterocycles. The zero-order valence-corrected chi connectivity index (χ0v) is 16.2. The van der Waals surface area contributed by atoms with Crippen LogP contribution in [0.1, 0.15) is 23.5 Å². The van der Waals surface area contributed by atoms with E-state index in [2.05, 4.69) is 20.3 Å². The van der Waals surface area contributed by atoms with Gasteiger partial charge in [-0.15, -0.1) is 0 Å². The molecule has 7 heteroatoms. The minimum absolute atomic E-state index is 0.159. The molecule has 148 valence electrons. The molecule has 0 spiro atoms. The Balaban J connectivity index is 1.58. The molecule has 1 N–H and O–H groups in total. The first-order chi connectivity index (χ1) is 14.0. The van der Waals surface area contributed by atoms with Crippen LogP contribution in [0.3, 0.4) is 0 Å². The van der Waals surface area contributed by atoms with Crippen molar-refractivity contribution in [2.45, 2.75) is 25.7 Å². The Morgan fingerprint density at radius 2 is 2.07 bits per heavy atom. The van der Waals surface area contributed by atoms with E-state index in [4.69, 9.17) is 4.74 Å². The van der Waals surface area contributed by atoms with Crippen molar-refractivity contribution in [1.29, 1.82) is 0 Å². The van der Waals surface area contributed by atoms with Gasteiger partial charge in [-0.05, 0) is 44.0 Å². The van der Waals surface area contributed by atoms with Crippen LogP contribution in [-0.2, 0) is 10.2 Å². The summed E-state index contributed by atoms with van der Waals surface area (Å²) in [5, 5.41) is 2.86. The summed E-state index contributed by atoms with van der Waals surface area (Å²) in [6.07, 6.45) is 5.32. The highest BCUT2D eigenvalue weighted by molar-refractivity contribution is 5.96. The molecule has 29 heavy (non-hydrogen) atoms. The van der Waals surface area contributed by atoms with E-state index in [0.29, 0.717) is 34.9 Å². The van der Waals surface area contributed by atoms with Crippen LogP contribution in [0.15, 0.2) is 55.0 Å². The molecule has 4 rings (SSSR count). The molecule has 2 heterocycles. The molecular formula is C22H21FN4O2. The van der Waals surface area contributed by atoms with E-state index in [-0.39, 0.29) is 18.3 Å². The van der Waals surface area contributed by atoms with Crippen LogP contribution in [0.5, 0.6) is 5.75 Å². The maximum atomic E-state index is 14.6. The van der Waals surface area contributed by atoms with Gasteiger partial charge < -0.3 is 10.1 Å². The zero-order chi connectivity index (χ0) is 20.4. The van der Waals surface area contributed by atoms with Crippen molar-refractivity contribution < 1.29 is 13.9 Å². The summed E-state index contributed by atoms with van der Waals surface area (Å²) in [6.45, 7) is 3.79. The maximum Gasteiger partial charge on any atom is 0.228 e. The Kier molecular flexibility index (Phi) is 4.96. The SMILES string of the molecule is Cc1ncc(OCC2(c3ccccc3F)CC2C(=O)Nc2cccnc2)c(C)n1. The van der Waals surface area contributed by atoms with Gasteiger partial charge in [0, 0.05) is 11.6 Å². The van der Waals surface area contributed by atoms with E-state index < -0.39 is 11.3 Å². The second kappa shape index (κ2) is 7.58. The van der Waals surface area contributed by atoms with Crippen LogP contribution in [0.25, 0.3) is 0 Å². The van der Waals surface area contributed by atoms with Gasteiger partial charge in [0.05, 0.1) is 36.3 Å². The zero-order valence-electron chi connectivity index (χ0n) is 16.2. The lowest BCUT2D eigenvalue weighted by Gasteiger charge is -2.20. The summed E-state index contributed by atoms with van der Waals surface area (Å²) in [7, 11) is 0. The van der Waals surface area contributed by atoms with Crippen molar-refractivity contribution in [3.63, 3.8) is 0 Å². The molecule has 3 aromatic rings. The largest absolute Gasteiger partial charge is 0.489 e. The van der Waals surface area contributed by atoms with Crippen LogP contribution in [0.2, 0.25) is 0 Å². The Hall–Kier alpha value is -3.35. The number of carbonyl (C=O) groups is 1. The third kappa shape index (κ3) is 3.81. The molecular weight excluding hydrogens is 371 g/mol. The molecule has 1 aromatic carbocycles. The number of aromatic nitrogens is 3. The first kappa shape index (κ1) is 19.0. The summed E-state index contributed by atoms with van der Waals surface area (Å²) >= 11 is 0. The van der Waals surface area contributed by atoms with Gasteiger partial charge in [0.1, 0.15) is 11.6 Å². The van der Waals surface area contributed by atoms with E-state index in [9.17, 15) is 9.18 Å². The summed E-state index contributed by atoms with van der Waals surface area (Å²) in [5.74, 6) is 0.251. The summed E-state index contributed by atoms with van der Waals surface area (Å²) < 4.78 is 20.6. The predicted molar refractivity (Wildman–Crippen MR) is 106 cm³/mol. The summed E-state index contributed by atoms with van der Waals surface area (Å²) in [6, 6.07) is 10.0. The van der Waals surface area contributed by atoms with Crippen molar-refractivity contribution >= 4 is 11.6 Å². The number of hydrogen-bond acceptors (Lipinski definition) is 5. The van der Waals surface area contributed by atoms with Gasteiger partial charge in [-0.1, -0.05) is 18.2 Å². The number of anilines is 1. The fourth-order valence-electron chi connectivity index (χ4n) is 3.64. The number of rotatable bonds is 6. The van der Waals surface area contributed by atoms with E-state index in [1.54, 1.807) is 55.8 Å². The average molecular weight is 392 g/mol. The first-order valence-electron chi connectivity index (χ1n) is 9.38. The molecule has 6 nitrogen and oxygen atoms in total. The summed E-state index contributed by atoms with van der Waals surface area (Å²) in [5.41, 5.74) is 1.06. The Labute approximate surface area is 168 Å². The van der Waals surface area contributed by atoms with E-state index in [1.165, 1.54) is 6.07 Å². The number of benzene rings is 1. The van der Waals surface area contributed by atoms with Gasteiger partial charge in [0.15, 0.2) is 5.75 Å². The fourth-order valence-corrected chi connectivity index (χ4v) is 3.64. The number of aryl methyl sites for hydroxylation is 2. The van der Waals surface area contributed by atoms with Gasteiger partial charge >= 0.3 is 0 Å². The van der Waals surface area contributed by atoms with Gasteiger partial charge in [-0.3, -0.25) is 9.78 Å². The smallest absolute Gasteiger partial charge is 0.228 e. The van der Waals surface area contributed by atoms with Gasteiger partial charge in [0.2, 0.25) is 5.91 Å². The van der Waals surface area contributed by atoms with Crippen LogP contribution < -0.4 is 10.1 Å². The molecule has 0 aliphatic heterocycles. The molecule has 1 aliphatic rings. The minimum atomic E-state index is -0.741. The lowest BCUT2D eigenvalue weighted by Crippen LogP contribution is -2.27. The monoisotopic (exact) mass is 392 g/mol. The lowest BCUT2D eigenvalue weighted by molar-refractivity contribution is -0.117. The third-order valence-corrected chi connectivity index (χ3v) is 5.27. The average Bonchev–Trinajstić information content (AvgIpc) is 3.44. The Morgan fingerprint density at radius 3 is 2.79 bits per heavy atom. The standard InChI is InChI=1S/C22H21FN4O2/c1-14-20(12-25-15(2)26-14)29-13-22(17-7-3-4-8-19(17)23)10-18(22)21(28)27-16-6-5-9-24-11-16/h3-9,11-12,18H,10,13H2,1-2H3,(H,27,28). The minimum Gasteiger partial charge on any atom is -0.489 e.